The minimum atomic E-state index is -0.667. The summed E-state index contributed by atoms with van der Waals surface area (Å²) in [5.74, 6) is 0.337. The second kappa shape index (κ2) is 19.7. The first-order chi connectivity index (χ1) is 13.8. The largest absolute Gasteiger partial charge is 0.481 e. The van der Waals surface area contributed by atoms with Crippen LogP contribution in [-0.2, 0) is 4.79 Å². The van der Waals surface area contributed by atoms with E-state index in [4.69, 9.17) is 5.11 Å². The molecular formula is C25H49NO2. The highest BCUT2D eigenvalue weighted by atomic mass is 16.4. The summed E-state index contributed by atoms with van der Waals surface area (Å²) < 4.78 is 0. The van der Waals surface area contributed by atoms with Crippen molar-refractivity contribution in [1.82, 2.24) is 5.32 Å². The molecular weight excluding hydrogens is 346 g/mol. The zero-order chi connectivity index (χ0) is 20.1. The van der Waals surface area contributed by atoms with Gasteiger partial charge in [-0.1, -0.05) is 109 Å². The van der Waals surface area contributed by atoms with Gasteiger partial charge in [0.2, 0.25) is 0 Å². The molecule has 0 amide bonds. The SMILES string of the molecule is O=C(O)CCCCCNCCCCCCC1CCCCCCCCCCCC1. The van der Waals surface area contributed by atoms with Crippen LogP contribution in [0.25, 0.3) is 0 Å². The van der Waals surface area contributed by atoms with Gasteiger partial charge in [0.25, 0.3) is 0 Å². The van der Waals surface area contributed by atoms with Crippen LogP contribution in [0.15, 0.2) is 0 Å². The summed E-state index contributed by atoms with van der Waals surface area (Å²) in [4.78, 5) is 10.4. The van der Waals surface area contributed by atoms with Crippen LogP contribution in [0, 0.1) is 5.92 Å². The molecule has 1 aliphatic rings. The molecule has 1 fully saturated rings. The number of rotatable bonds is 13. The zero-order valence-electron chi connectivity index (χ0n) is 18.7. The van der Waals surface area contributed by atoms with Gasteiger partial charge in [-0.15, -0.1) is 0 Å². The first-order valence-corrected chi connectivity index (χ1v) is 12.7. The van der Waals surface area contributed by atoms with Crippen molar-refractivity contribution in [3.05, 3.63) is 0 Å². The maximum atomic E-state index is 10.4. The summed E-state index contributed by atoms with van der Waals surface area (Å²) in [7, 11) is 0. The predicted molar refractivity (Wildman–Crippen MR) is 121 cm³/mol. The Labute approximate surface area is 175 Å². The van der Waals surface area contributed by atoms with Crippen LogP contribution in [0.5, 0.6) is 0 Å². The van der Waals surface area contributed by atoms with Crippen LogP contribution in [0.1, 0.15) is 135 Å². The molecule has 3 heteroatoms. The molecule has 166 valence electrons. The summed E-state index contributed by atoms with van der Waals surface area (Å²) >= 11 is 0. The quantitative estimate of drug-likeness (QED) is 0.318. The van der Waals surface area contributed by atoms with E-state index in [0.717, 1.165) is 38.3 Å². The Kier molecular flexibility index (Phi) is 17.9. The number of carbonyl (C=O) groups is 1. The number of hydrogen-bond donors (Lipinski definition) is 2. The van der Waals surface area contributed by atoms with Crippen molar-refractivity contribution in [2.24, 2.45) is 5.92 Å². The summed E-state index contributed by atoms with van der Waals surface area (Å²) in [6, 6.07) is 0. The maximum Gasteiger partial charge on any atom is 0.303 e. The third-order valence-electron chi connectivity index (χ3n) is 6.43. The molecule has 2 N–H and O–H groups in total. The second-order valence-corrected chi connectivity index (χ2v) is 9.14. The Morgan fingerprint density at radius 1 is 0.643 bits per heavy atom. The van der Waals surface area contributed by atoms with Crippen LogP contribution in [0.3, 0.4) is 0 Å². The van der Waals surface area contributed by atoms with Crippen molar-refractivity contribution in [1.29, 1.82) is 0 Å². The fourth-order valence-electron chi connectivity index (χ4n) is 4.58. The standard InChI is InChI=1S/C25H49NO2/c27-25(28)21-15-11-17-23-26-22-16-10-9-14-20-24-18-12-7-5-3-1-2-4-6-8-13-19-24/h24,26H,1-23H2,(H,27,28). The fraction of sp³-hybridized carbons (Fsp3) is 0.960. The van der Waals surface area contributed by atoms with Gasteiger partial charge in [0.1, 0.15) is 0 Å². The van der Waals surface area contributed by atoms with Crippen molar-refractivity contribution in [3.63, 3.8) is 0 Å². The van der Waals surface area contributed by atoms with Crippen molar-refractivity contribution in [3.8, 4) is 0 Å². The van der Waals surface area contributed by atoms with Crippen LogP contribution >= 0.6 is 0 Å². The molecule has 0 aromatic rings. The van der Waals surface area contributed by atoms with Crippen LogP contribution in [0.4, 0.5) is 0 Å². The van der Waals surface area contributed by atoms with Gasteiger partial charge < -0.3 is 10.4 Å². The topological polar surface area (TPSA) is 49.3 Å². The number of unbranched alkanes of at least 4 members (excludes halogenated alkanes) is 5. The molecule has 1 saturated carbocycles. The Morgan fingerprint density at radius 3 is 1.64 bits per heavy atom. The van der Waals surface area contributed by atoms with Gasteiger partial charge in [-0.05, 0) is 38.3 Å². The van der Waals surface area contributed by atoms with Gasteiger partial charge in [-0.2, -0.15) is 0 Å². The summed E-state index contributed by atoms with van der Waals surface area (Å²) in [6.45, 7) is 2.17. The molecule has 0 saturated heterocycles. The average molecular weight is 396 g/mol. The van der Waals surface area contributed by atoms with E-state index in [0.29, 0.717) is 6.42 Å². The van der Waals surface area contributed by atoms with E-state index in [9.17, 15) is 4.79 Å². The normalized spacial score (nSPS) is 18.1. The molecule has 0 aromatic carbocycles. The van der Waals surface area contributed by atoms with Crippen molar-refractivity contribution >= 4 is 5.97 Å². The highest BCUT2D eigenvalue weighted by Crippen LogP contribution is 2.25. The first kappa shape index (κ1) is 25.5. The minimum absolute atomic E-state index is 0.320. The second-order valence-electron chi connectivity index (χ2n) is 9.14. The van der Waals surface area contributed by atoms with Crippen LogP contribution < -0.4 is 5.32 Å². The van der Waals surface area contributed by atoms with Gasteiger partial charge in [-0.3, -0.25) is 4.79 Å². The molecule has 0 aromatic heterocycles. The van der Waals surface area contributed by atoms with E-state index in [1.165, 1.54) is 109 Å². The van der Waals surface area contributed by atoms with Gasteiger partial charge >= 0.3 is 5.97 Å². The van der Waals surface area contributed by atoms with E-state index in [-0.39, 0.29) is 0 Å². The third kappa shape index (κ3) is 17.5. The van der Waals surface area contributed by atoms with E-state index in [1.807, 2.05) is 0 Å². The van der Waals surface area contributed by atoms with Crippen molar-refractivity contribution < 1.29 is 9.90 Å². The van der Waals surface area contributed by atoms with Gasteiger partial charge in [-0.25, -0.2) is 0 Å². The molecule has 0 radical (unpaired) electrons. The molecule has 1 rings (SSSR count). The first-order valence-electron chi connectivity index (χ1n) is 12.7. The lowest BCUT2D eigenvalue weighted by atomic mass is 9.90. The molecule has 0 aliphatic heterocycles. The molecule has 1 aliphatic carbocycles. The number of carboxylic acids is 1. The van der Waals surface area contributed by atoms with Crippen LogP contribution in [0.2, 0.25) is 0 Å². The van der Waals surface area contributed by atoms with Gasteiger partial charge in [0.05, 0.1) is 0 Å². The number of nitrogens with one attached hydrogen (secondary N) is 1. The van der Waals surface area contributed by atoms with E-state index < -0.39 is 5.97 Å². The summed E-state index contributed by atoms with van der Waals surface area (Å²) in [5.41, 5.74) is 0. The molecule has 0 unspecified atom stereocenters. The summed E-state index contributed by atoms with van der Waals surface area (Å²) in [5, 5.41) is 12.1. The fourth-order valence-corrected chi connectivity index (χ4v) is 4.58. The molecule has 28 heavy (non-hydrogen) atoms. The molecule has 3 nitrogen and oxygen atoms in total. The summed E-state index contributed by atoms with van der Waals surface area (Å²) in [6.07, 6.45) is 27.9. The lowest BCUT2D eigenvalue weighted by Gasteiger charge is -2.17. The predicted octanol–water partition coefficient (Wildman–Crippen LogP) is 7.48. The van der Waals surface area contributed by atoms with Crippen molar-refractivity contribution in [2.75, 3.05) is 13.1 Å². The smallest absolute Gasteiger partial charge is 0.303 e. The maximum absolute atomic E-state index is 10.4. The Morgan fingerprint density at radius 2 is 1.11 bits per heavy atom. The van der Waals surface area contributed by atoms with E-state index >= 15 is 0 Å². The Bertz CT molecular complexity index is 331. The Balaban J connectivity index is 1.94. The Hall–Kier alpha value is -0.570. The molecule has 0 atom stereocenters. The van der Waals surface area contributed by atoms with E-state index in [2.05, 4.69) is 5.32 Å². The highest BCUT2D eigenvalue weighted by molar-refractivity contribution is 5.66. The lowest BCUT2D eigenvalue weighted by Crippen LogP contribution is -2.16. The highest BCUT2D eigenvalue weighted by Gasteiger charge is 2.09. The lowest BCUT2D eigenvalue weighted by molar-refractivity contribution is -0.137. The van der Waals surface area contributed by atoms with Crippen LogP contribution in [-0.4, -0.2) is 24.2 Å². The van der Waals surface area contributed by atoms with Gasteiger partial charge in [0, 0.05) is 6.42 Å². The minimum Gasteiger partial charge on any atom is -0.481 e. The monoisotopic (exact) mass is 395 g/mol. The number of carboxylic acid groups (broad SMARTS) is 1. The van der Waals surface area contributed by atoms with Gasteiger partial charge in [0.15, 0.2) is 0 Å². The number of hydrogen-bond acceptors (Lipinski definition) is 2. The average Bonchev–Trinajstić information content (AvgIpc) is 2.70. The molecule has 0 spiro atoms. The van der Waals surface area contributed by atoms with Crippen molar-refractivity contribution in [2.45, 2.75) is 135 Å². The molecule has 0 bridgehead atoms. The van der Waals surface area contributed by atoms with E-state index in [1.54, 1.807) is 0 Å². The third-order valence-corrected chi connectivity index (χ3v) is 6.43. The zero-order valence-corrected chi connectivity index (χ0v) is 18.7. The molecule has 0 heterocycles. The number of aliphatic carboxylic acids is 1.